The summed E-state index contributed by atoms with van der Waals surface area (Å²) in [6, 6.07) is 2.33. The molecule has 5 heteroatoms. The van der Waals surface area contributed by atoms with E-state index in [0.29, 0.717) is 12.0 Å². The maximum absolute atomic E-state index is 4.51. The van der Waals surface area contributed by atoms with Gasteiger partial charge in [-0.05, 0) is 19.9 Å². The molecule has 2 N–H and O–H groups in total. The van der Waals surface area contributed by atoms with Gasteiger partial charge in [-0.15, -0.1) is 0 Å². The zero-order chi connectivity index (χ0) is 11.4. The molecule has 0 bridgehead atoms. The van der Waals surface area contributed by atoms with Crippen molar-refractivity contribution < 1.29 is 0 Å². The van der Waals surface area contributed by atoms with E-state index in [0.717, 1.165) is 32.0 Å². The lowest BCUT2D eigenvalue weighted by atomic mass is 10.3. The van der Waals surface area contributed by atoms with Crippen LogP contribution in [0.25, 0.3) is 0 Å². The van der Waals surface area contributed by atoms with Crippen LogP contribution >= 0.6 is 0 Å². The number of aromatic nitrogens is 2. The Morgan fingerprint density at radius 3 is 2.81 bits per heavy atom. The molecule has 1 aliphatic rings. The molecule has 0 aromatic carbocycles. The monoisotopic (exact) mass is 221 g/mol. The number of anilines is 2. The van der Waals surface area contributed by atoms with Crippen molar-refractivity contribution in [2.24, 2.45) is 0 Å². The van der Waals surface area contributed by atoms with Crippen LogP contribution in [0.1, 0.15) is 13.8 Å². The van der Waals surface area contributed by atoms with Crippen LogP contribution in [-0.2, 0) is 0 Å². The predicted octanol–water partition coefficient (Wildman–Crippen LogP) is 0.706. The highest BCUT2D eigenvalue weighted by atomic mass is 15.3. The van der Waals surface area contributed by atoms with Gasteiger partial charge in [0.2, 0.25) is 5.95 Å². The van der Waals surface area contributed by atoms with E-state index >= 15 is 0 Å². The third-order valence-electron chi connectivity index (χ3n) is 2.50. The molecule has 2 rings (SSSR count). The molecule has 1 saturated heterocycles. The molecular formula is C11H19N5. The number of piperazine rings is 1. The van der Waals surface area contributed by atoms with Gasteiger partial charge in [-0.3, -0.25) is 0 Å². The van der Waals surface area contributed by atoms with Gasteiger partial charge in [0, 0.05) is 38.4 Å². The molecule has 0 saturated carbocycles. The van der Waals surface area contributed by atoms with Crippen molar-refractivity contribution in [3.63, 3.8) is 0 Å². The van der Waals surface area contributed by atoms with Crippen LogP contribution in [0.3, 0.4) is 0 Å². The lowest BCUT2D eigenvalue weighted by Gasteiger charge is -2.28. The third kappa shape index (κ3) is 2.82. The fourth-order valence-electron chi connectivity index (χ4n) is 1.75. The van der Waals surface area contributed by atoms with Gasteiger partial charge >= 0.3 is 0 Å². The summed E-state index contributed by atoms with van der Waals surface area (Å²) in [5.74, 6) is 1.73. The highest BCUT2D eigenvalue weighted by Gasteiger charge is 2.12. The largest absolute Gasteiger partial charge is 0.354 e. The van der Waals surface area contributed by atoms with Crippen molar-refractivity contribution in [1.82, 2.24) is 15.3 Å². The molecule has 0 aliphatic carbocycles. The number of nitrogens with zero attached hydrogens (tertiary/aromatic N) is 3. The van der Waals surface area contributed by atoms with Gasteiger partial charge in [-0.1, -0.05) is 0 Å². The first-order valence-electron chi connectivity index (χ1n) is 5.81. The molecule has 1 aromatic heterocycles. The summed E-state index contributed by atoms with van der Waals surface area (Å²) in [5.41, 5.74) is 0. The number of nitrogens with one attached hydrogen (secondary N) is 2. The van der Waals surface area contributed by atoms with E-state index in [1.807, 2.05) is 12.3 Å². The summed E-state index contributed by atoms with van der Waals surface area (Å²) in [4.78, 5) is 11.0. The van der Waals surface area contributed by atoms with Gasteiger partial charge in [0.05, 0.1) is 0 Å². The Kier molecular flexibility index (Phi) is 3.56. The van der Waals surface area contributed by atoms with Crippen LogP contribution in [0.15, 0.2) is 12.3 Å². The Hall–Kier alpha value is -1.36. The van der Waals surface area contributed by atoms with Gasteiger partial charge in [-0.2, -0.15) is 4.98 Å². The Labute approximate surface area is 96.3 Å². The summed E-state index contributed by atoms with van der Waals surface area (Å²) >= 11 is 0. The molecule has 0 amide bonds. The summed E-state index contributed by atoms with van der Waals surface area (Å²) in [5, 5.41) is 6.55. The third-order valence-corrected chi connectivity index (χ3v) is 2.50. The van der Waals surface area contributed by atoms with Crippen molar-refractivity contribution in [3.8, 4) is 0 Å². The van der Waals surface area contributed by atoms with E-state index in [9.17, 15) is 0 Å². The number of rotatable bonds is 3. The van der Waals surface area contributed by atoms with E-state index in [4.69, 9.17) is 0 Å². The van der Waals surface area contributed by atoms with E-state index in [1.165, 1.54) is 0 Å². The summed E-state index contributed by atoms with van der Waals surface area (Å²) in [6.45, 7) is 8.24. The van der Waals surface area contributed by atoms with Crippen molar-refractivity contribution >= 4 is 11.8 Å². The maximum Gasteiger partial charge on any atom is 0.224 e. The molecule has 1 aromatic rings. The zero-order valence-electron chi connectivity index (χ0n) is 9.90. The van der Waals surface area contributed by atoms with Crippen LogP contribution < -0.4 is 15.5 Å². The van der Waals surface area contributed by atoms with Crippen molar-refractivity contribution in [2.45, 2.75) is 19.9 Å². The van der Waals surface area contributed by atoms with Crippen LogP contribution in [0.2, 0.25) is 0 Å². The van der Waals surface area contributed by atoms with Crippen molar-refractivity contribution in [1.29, 1.82) is 0 Å². The average Bonchev–Trinajstić information content (AvgIpc) is 2.30. The molecule has 0 unspecified atom stereocenters. The molecule has 2 heterocycles. The quantitative estimate of drug-likeness (QED) is 0.787. The molecule has 5 nitrogen and oxygen atoms in total. The normalized spacial score (nSPS) is 16.6. The smallest absolute Gasteiger partial charge is 0.224 e. The van der Waals surface area contributed by atoms with Crippen molar-refractivity contribution in [2.75, 3.05) is 36.4 Å². The topological polar surface area (TPSA) is 53.1 Å². The highest BCUT2D eigenvalue weighted by molar-refractivity contribution is 5.43. The highest BCUT2D eigenvalue weighted by Crippen LogP contribution is 2.12. The predicted molar refractivity (Wildman–Crippen MR) is 65.9 cm³/mol. The van der Waals surface area contributed by atoms with Crippen LogP contribution in [0.5, 0.6) is 0 Å². The van der Waals surface area contributed by atoms with Crippen LogP contribution in [0.4, 0.5) is 11.8 Å². The molecule has 1 fully saturated rings. The summed E-state index contributed by atoms with van der Waals surface area (Å²) in [6.07, 6.45) is 1.81. The SMILES string of the molecule is CC(C)Nc1nccc(N2CCNCC2)n1. The van der Waals surface area contributed by atoms with E-state index in [1.54, 1.807) is 0 Å². The average molecular weight is 221 g/mol. The number of hydrogen-bond acceptors (Lipinski definition) is 5. The first-order valence-corrected chi connectivity index (χ1v) is 5.81. The molecule has 0 atom stereocenters. The second kappa shape index (κ2) is 5.12. The minimum Gasteiger partial charge on any atom is -0.354 e. The molecule has 16 heavy (non-hydrogen) atoms. The van der Waals surface area contributed by atoms with Gasteiger partial charge < -0.3 is 15.5 Å². The van der Waals surface area contributed by atoms with Crippen LogP contribution in [-0.4, -0.2) is 42.2 Å². The van der Waals surface area contributed by atoms with Crippen LogP contribution in [0, 0.1) is 0 Å². The maximum atomic E-state index is 4.51. The molecule has 0 spiro atoms. The van der Waals surface area contributed by atoms with E-state index in [-0.39, 0.29) is 0 Å². The lowest BCUT2D eigenvalue weighted by molar-refractivity contribution is 0.584. The Morgan fingerprint density at radius 1 is 1.38 bits per heavy atom. The van der Waals surface area contributed by atoms with Crippen molar-refractivity contribution in [3.05, 3.63) is 12.3 Å². The van der Waals surface area contributed by atoms with Gasteiger partial charge in [-0.25, -0.2) is 4.98 Å². The van der Waals surface area contributed by atoms with Gasteiger partial charge in [0.1, 0.15) is 5.82 Å². The molecule has 1 aliphatic heterocycles. The van der Waals surface area contributed by atoms with Gasteiger partial charge in [0.25, 0.3) is 0 Å². The second-order valence-electron chi connectivity index (χ2n) is 4.27. The van der Waals surface area contributed by atoms with E-state index < -0.39 is 0 Å². The lowest BCUT2D eigenvalue weighted by Crippen LogP contribution is -2.43. The summed E-state index contributed by atoms with van der Waals surface area (Å²) in [7, 11) is 0. The Morgan fingerprint density at radius 2 is 2.12 bits per heavy atom. The first-order chi connectivity index (χ1) is 7.75. The second-order valence-corrected chi connectivity index (χ2v) is 4.27. The molecule has 88 valence electrons. The number of hydrogen-bond donors (Lipinski definition) is 2. The summed E-state index contributed by atoms with van der Waals surface area (Å²) < 4.78 is 0. The Balaban J connectivity index is 2.08. The zero-order valence-corrected chi connectivity index (χ0v) is 9.90. The van der Waals surface area contributed by atoms with E-state index in [2.05, 4.69) is 39.3 Å². The van der Waals surface area contributed by atoms with Gasteiger partial charge in [0.15, 0.2) is 0 Å². The Bertz CT molecular complexity index is 333. The molecule has 0 radical (unpaired) electrons. The fourth-order valence-corrected chi connectivity index (χ4v) is 1.75. The minimum atomic E-state index is 0.360. The standard InChI is InChI=1S/C11H19N5/c1-9(2)14-11-13-4-3-10(15-11)16-7-5-12-6-8-16/h3-4,9,12H,5-8H2,1-2H3,(H,13,14,15). The first kappa shape index (κ1) is 11.1. The minimum absolute atomic E-state index is 0.360. The fraction of sp³-hybridized carbons (Fsp3) is 0.636. The molecular weight excluding hydrogens is 202 g/mol.